The van der Waals surface area contributed by atoms with Crippen molar-refractivity contribution in [1.82, 2.24) is 9.55 Å². The monoisotopic (exact) mass is 613 g/mol. The summed E-state index contributed by atoms with van der Waals surface area (Å²) >= 11 is 3.83. The van der Waals surface area contributed by atoms with E-state index >= 15 is 0 Å². The van der Waals surface area contributed by atoms with Gasteiger partial charge in [-0.05, 0) is 57.1 Å². The molecule has 0 fully saturated rings. The van der Waals surface area contributed by atoms with E-state index < -0.39 is 9.84 Å². The summed E-state index contributed by atoms with van der Waals surface area (Å²) in [6, 6.07) is 18.4. The zero-order valence-electron chi connectivity index (χ0n) is 23.1. The van der Waals surface area contributed by atoms with Gasteiger partial charge in [-0.25, -0.2) is 13.4 Å². The number of fused-ring (bicyclic) bond motifs is 1. The van der Waals surface area contributed by atoms with Crippen LogP contribution in [0.5, 0.6) is 5.75 Å². The van der Waals surface area contributed by atoms with Gasteiger partial charge in [0.05, 0.1) is 23.9 Å². The molecule has 0 aliphatic carbocycles. The molecule has 0 amide bonds. The van der Waals surface area contributed by atoms with Gasteiger partial charge in [0, 0.05) is 37.7 Å². The molecule has 0 bridgehead atoms. The Labute approximate surface area is 239 Å². The Morgan fingerprint density at radius 3 is 2.41 bits per heavy atom. The molecule has 9 heteroatoms. The molecule has 1 heterocycles. The molecule has 7 nitrogen and oxygen atoms in total. The van der Waals surface area contributed by atoms with Crippen LogP contribution in [-0.4, -0.2) is 50.8 Å². The minimum atomic E-state index is -3.06. The maximum atomic E-state index is 11.7. The molecule has 0 aliphatic rings. The number of halogens is 1. The molecule has 0 spiro atoms. The highest BCUT2D eigenvalue weighted by Crippen LogP contribution is 2.38. The average molecular weight is 615 g/mol. The van der Waals surface area contributed by atoms with Gasteiger partial charge in [-0.1, -0.05) is 56.3 Å². The van der Waals surface area contributed by atoms with E-state index in [0.717, 1.165) is 49.5 Å². The van der Waals surface area contributed by atoms with Crippen LogP contribution in [0, 0.1) is 0 Å². The second-order valence-corrected chi connectivity index (χ2v) is 13.0. The van der Waals surface area contributed by atoms with Crippen LogP contribution in [0.2, 0.25) is 0 Å². The zero-order valence-corrected chi connectivity index (χ0v) is 25.5. The summed E-state index contributed by atoms with van der Waals surface area (Å²) in [4.78, 5) is 5.09. The number of anilines is 1. The molecule has 3 aromatic carbocycles. The van der Waals surface area contributed by atoms with Crippen LogP contribution in [0.15, 0.2) is 59.1 Å². The fraction of sp³-hybridized carbons (Fsp3) is 0.367. The molecule has 0 unspecified atom stereocenters. The van der Waals surface area contributed by atoms with Gasteiger partial charge in [-0.2, -0.15) is 0 Å². The van der Waals surface area contributed by atoms with E-state index in [9.17, 15) is 8.42 Å². The standard InChI is InChI=1S/C30H36BrN3O4S/c1-20(2)21-10-12-23(13-11-21)30-33-28-27(31)24(18-26(38-4)29(28)34(30)15-16-37-3)19-32-25-9-7-6-8-22(25)14-17-39(5,35)36/h6-13,18,20,32H,14-17,19H2,1-5H3. The first-order chi connectivity index (χ1) is 18.6. The summed E-state index contributed by atoms with van der Waals surface area (Å²) in [5, 5.41) is 3.49. The van der Waals surface area contributed by atoms with Crippen molar-refractivity contribution >= 4 is 42.5 Å². The summed E-state index contributed by atoms with van der Waals surface area (Å²) in [5.41, 5.74) is 6.88. The molecule has 0 radical (unpaired) electrons. The van der Waals surface area contributed by atoms with Crippen molar-refractivity contribution in [2.24, 2.45) is 0 Å². The minimum absolute atomic E-state index is 0.106. The van der Waals surface area contributed by atoms with Crippen LogP contribution in [0.25, 0.3) is 22.4 Å². The van der Waals surface area contributed by atoms with Gasteiger partial charge in [-0.3, -0.25) is 0 Å². The lowest BCUT2D eigenvalue weighted by Gasteiger charge is -2.15. The minimum Gasteiger partial charge on any atom is -0.494 e. The van der Waals surface area contributed by atoms with Crippen molar-refractivity contribution in [3.8, 4) is 17.1 Å². The number of aromatic nitrogens is 2. The number of sulfone groups is 1. The number of hydrogen-bond donors (Lipinski definition) is 1. The van der Waals surface area contributed by atoms with Crippen molar-refractivity contribution in [2.75, 3.05) is 38.2 Å². The smallest absolute Gasteiger partial charge is 0.147 e. The van der Waals surface area contributed by atoms with E-state index in [1.165, 1.54) is 11.8 Å². The number of rotatable bonds is 12. The van der Waals surface area contributed by atoms with Crippen LogP contribution in [-0.2, 0) is 34.1 Å². The zero-order chi connectivity index (χ0) is 28.2. The fourth-order valence-electron chi connectivity index (χ4n) is 4.62. The number of hydrogen-bond acceptors (Lipinski definition) is 6. The first kappa shape index (κ1) is 29.1. The molecule has 1 aromatic heterocycles. The van der Waals surface area contributed by atoms with Crippen molar-refractivity contribution in [2.45, 2.75) is 39.3 Å². The lowest BCUT2D eigenvalue weighted by atomic mass is 10.0. The van der Waals surface area contributed by atoms with Gasteiger partial charge in [0.2, 0.25) is 0 Å². The molecule has 1 N–H and O–H groups in total. The molecule has 0 saturated heterocycles. The third-order valence-electron chi connectivity index (χ3n) is 6.80. The number of nitrogens with one attached hydrogen (secondary N) is 1. The normalized spacial score (nSPS) is 11.9. The maximum absolute atomic E-state index is 11.7. The van der Waals surface area contributed by atoms with Gasteiger partial charge in [0.15, 0.2) is 0 Å². The van der Waals surface area contributed by atoms with Crippen LogP contribution in [0.3, 0.4) is 0 Å². The van der Waals surface area contributed by atoms with Crippen molar-refractivity contribution in [3.63, 3.8) is 0 Å². The number of methoxy groups -OCH3 is 2. The second-order valence-electron chi connectivity index (χ2n) is 10.00. The van der Waals surface area contributed by atoms with E-state index in [1.54, 1.807) is 14.2 Å². The number of nitrogens with zero attached hydrogens (tertiary/aromatic N) is 2. The first-order valence-electron chi connectivity index (χ1n) is 13.0. The van der Waals surface area contributed by atoms with Gasteiger partial charge < -0.3 is 19.4 Å². The largest absolute Gasteiger partial charge is 0.494 e. The predicted octanol–water partition coefficient (Wildman–Crippen LogP) is 6.44. The van der Waals surface area contributed by atoms with Gasteiger partial charge >= 0.3 is 0 Å². The third-order valence-corrected chi connectivity index (χ3v) is 8.63. The molecule has 4 aromatic rings. The SMILES string of the molecule is COCCn1c(-c2ccc(C(C)C)cc2)nc2c(Br)c(CNc3ccccc3CCS(C)(=O)=O)cc(OC)c21. The molecule has 0 saturated carbocycles. The quantitative estimate of drug-likeness (QED) is 0.198. The van der Waals surface area contributed by atoms with Crippen molar-refractivity contribution in [3.05, 3.63) is 75.8 Å². The highest BCUT2D eigenvalue weighted by molar-refractivity contribution is 9.10. The molecule has 39 heavy (non-hydrogen) atoms. The second kappa shape index (κ2) is 12.5. The average Bonchev–Trinajstić information content (AvgIpc) is 3.30. The number of ether oxygens (including phenoxy) is 2. The van der Waals surface area contributed by atoms with E-state index in [1.807, 2.05) is 30.3 Å². The Balaban J connectivity index is 1.74. The van der Waals surface area contributed by atoms with Gasteiger partial charge in [0.25, 0.3) is 0 Å². The molecular formula is C30H36BrN3O4S. The molecule has 0 atom stereocenters. The van der Waals surface area contributed by atoms with Crippen LogP contribution < -0.4 is 10.1 Å². The maximum Gasteiger partial charge on any atom is 0.147 e. The molecule has 0 aliphatic heterocycles. The Hall–Kier alpha value is -2.88. The summed E-state index contributed by atoms with van der Waals surface area (Å²) in [6.07, 6.45) is 1.72. The number of imidazole rings is 1. The highest BCUT2D eigenvalue weighted by atomic mass is 79.9. The first-order valence-corrected chi connectivity index (χ1v) is 15.8. The van der Waals surface area contributed by atoms with Gasteiger partial charge in [-0.15, -0.1) is 0 Å². The number of para-hydroxylation sites is 1. The molecule has 208 valence electrons. The lowest BCUT2D eigenvalue weighted by Crippen LogP contribution is -2.09. The van der Waals surface area contributed by atoms with Crippen LogP contribution >= 0.6 is 15.9 Å². The highest BCUT2D eigenvalue weighted by Gasteiger charge is 2.21. The van der Waals surface area contributed by atoms with Crippen molar-refractivity contribution < 1.29 is 17.9 Å². The Morgan fingerprint density at radius 2 is 1.77 bits per heavy atom. The molecular weight excluding hydrogens is 578 g/mol. The Bertz CT molecular complexity index is 1550. The summed E-state index contributed by atoms with van der Waals surface area (Å²) in [6.45, 7) is 6.04. The predicted molar refractivity (Wildman–Crippen MR) is 163 cm³/mol. The number of aryl methyl sites for hydroxylation is 1. The van der Waals surface area contributed by atoms with E-state index in [0.29, 0.717) is 32.0 Å². The van der Waals surface area contributed by atoms with Crippen LogP contribution in [0.4, 0.5) is 5.69 Å². The lowest BCUT2D eigenvalue weighted by molar-refractivity contribution is 0.188. The van der Waals surface area contributed by atoms with E-state index in [4.69, 9.17) is 14.5 Å². The fourth-order valence-corrected chi connectivity index (χ4v) is 5.74. The van der Waals surface area contributed by atoms with E-state index in [2.05, 4.69) is 63.9 Å². The topological polar surface area (TPSA) is 82.5 Å². The van der Waals surface area contributed by atoms with E-state index in [-0.39, 0.29) is 5.75 Å². The molecule has 4 rings (SSSR count). The number of benzene rings is 3. The summed E-state index contributed by atoms with van der Waals surface area (Å²) in [7, 11) is 0.311. The summed E-state index contributed by atoms with van der Waals surface area (Å²) in [5.74, 6) is 2.14. The van der Waals surface area contributed by atoms with Crippen LogP contribution in [0.1, 0.15) is 36.5 Å². The Kier molecular flexibility index (Phi) is 9.35. The summed E-state index contributed by atoms with van der Waals surface area (Å²) < 4.78 is 37.8. The third kappa shape index (κ3) is 6.83. The Morgan fingerprint density at radius 1 is 1.05 bits per heavy atom. The van der Waals surface area contributed by atoms with Gasteiger partial charge in [0.1, 0.15) is 32.4 Å². The van der Waals surface area contributed by atoms with Crippen molar-refractivity contribution in [1.29, 1.82) is 0 Å².